The lowest BCUT2D eigenvalue weighted by molar-refractivity contribution is -0.143. The van der Waals surface area contributed by atoms with E-state index in [9.17, 15) is 27.6 Å². The van der Waals surface area contributed by atoms with Gasteiger partial charge in [0.1, 0.15) is 29.3 Å². The molecule has 3 saturated carbocycles. The molecule has 1 aromatic heterocycles. The number of hydrogen-bond acceptors (Lipinski definition) is 9. The van der Waals surface area contributed by atoms with Crippen molar-refractivity contribution in [3.8, 4) is 11.3 Å². The Labute approximate surface area is 311 Å². The van der Waals surface area contributed by atoms with Crippen LogP contribution >= 0.6 is 0 Å². The van der Waals surface area contributed by atoms with Gasteiger partial charge in [0.15, 0.2) is 0 Å². The Kier molecular flexibility index (Phi) is 10.5. The summed E-state index contributed by atoms with van der Waals surface area (Å²) in [6.07, 6.45) is 6.86. The average Bonchev–Trinajstić information content (AvgIpc) is 4.00. The zero-order chi connectivity index (χ0) is 38.3. The number of amides is 4. The first-order valence-corrected chi connectivity index (χ1v) is 19.9. The lowest BCUT2D eigenvalue weighted by Gasteiger charge is -2.36. The van der Waals surface area contributed by atoms with Crippen molar-refractivity contribution >= 4 is 33.8 Å². The largest absolute Gasteiger partial charge is 0.446 e. The number of alkyl carbamates (subject to hydrolysis) is 1. The molecule has 3 aliphatic carbocycles. The van der Waals surface area contributed by atoms with Crippen molar-refractivity contribution in [3.63, 3.8) is 0 Å². The highest BCUT2D eigenvalue weighted by molar-refractivity contribution is 7.91. The molecule has 0 radical (unpaired) electrons. The molecule has 4 aliphatic rings. The van der Waals surface area contributed by atoms with Crippen LogP contribution in [0.2, 0.25) is 0 Å². The Morgan fingerprint density at radius 2 is 1.72 bits per heavy atom. The molecule has 13 nitrogen and oxygen atoms in total. The van der Waals surface area contributed by atoms with Gasteiger partial charge in [0.25, 0.3) is 5.91 Å². The Bertz CT molecular complexity index is 1870. The molecule has 1 aromatic carbocycles. The van der Waals surface area contributed by atoms with Gasteiger partial charge >= 0.3 is 6.09 Å². The predicted molar refractivity (Wildman–Crippen MR) is 198 cm³/mol. The topological polar surface area (TPSA) is 173 Å². The second-order valence-corrected chi connectivity index (χ2v) is 18.1. The number of sulfonamides is 1. The molecule has 3 N–H and O–H groups in total. The van der Waals surface area contributed by atoms with Gasteiger partial charge in [0.05, 0.1) is 17.5 Å². The molecular formula is C39H51N5O8S. The molecular weight excluding hydrogens is 699 g/mol. The summed E-state index contributed by atoms with van der Waals surface area (Å²) >= 11 is 0. The summed E-state index contributed by atoms with van der Waals surface area (Å²) in [6, 6.07) is 9.24. The molecule has 0 unspecified atom stereocenters. The number of ether oxygens (including phenoxy) is 2. The molecule has 5 atom stereocenters. The predicted octanol–water partition coefficient (Wildman–Crippen LogP) is 4.25. The quantitative estimate of drug-likeness (QED) is 0.268. The summed E-state index contributed by atoms with van der Waals surface area (Å²) in [7, 11) is -2.38. The van der Waals surface area contributed by atoms with Crippen LogP contribution in [0.25, 0.3) is 11.3 Å². The maximum Gasteiger partial charge on any atom is 0.408 e. The van der Waals surface area contributed by atoms with E-state index >= 15 is 0 Å². The number of nitrogens with zero attached hydrogens (tertiary/aromatic N) is 2. The minimum atomic E-state index is -3.90. The Hall–Kier alpha value is -4.30. The maximum atomic E-state index is 14.7. The number of carbonyl (C=O) groups excluding carboxylic acids is 4. The van der Waals surface area contributed by atoms with E-state index < -0.39 is 73.6 Å². The van der Waals surface area contributed by atoms with E-state index in [1.807, 2.05) is 64.1 Å². The molecule has 53 heavy (non-hydrogen) atoms. The SMILES string of the molecule is C=C[C@@H]1C[C@]1(NC(=O)[C@@H]1C[C@@](OC)(c2ccc(-c3cc(C)ccn3)cc2)CN1C(=O)[C@@H](NC(=O)OC1CCCC1)C(C)(C)C)C(=O)NS(=O)(=O)C1CC1. The monoisotopic (exact) mass is 749 g/mol. The van der Waals surface area contributed by atoms with Crippen molar-refractivity contribution < 1.29 is 37.1 Å². The molecule has 0 bridgehead atoms. The zero-order valence-electron chi connectivity index (χ0n) is 31.1. The molecule has 6 rings (SSSR count). The minimum absolute atomic E-state index is 0.0172. The van der Waals surface area contributed by atoms with Crippen molar-refractivity contribution in [1.82, 2.24) is 25.2 Å². The number of pyridine rings is 1. The van der Waals surface area contributed by atoms with Crippen LogP contribution < -0.4 is 15.4 Å². The van der Waals surface area contributed by atoms with Gasteiger partial charge < -0.3 is 25.0 Å². The number of nitrogens with one attached hydrogen (secondary N) is 3. The fourth-order valence-corrected chi connectivity index (χ4v) is 8.96. The normalized spacial score (nSPS) is 26.4. The van der Waals surface area contributed by atoms with Gasteiger partial charge in [-0.15, -0.1) is 6.58 Å². The summed E-state index contributed by atoms with van der Waals surface area (Å²) in [5.41, 5.74) is -0.0650. The molecule has 0 spiro atoms. The van der Waals surface area contributed by atoms with Gasteiger partial charge in [-0.2, -0.15) is 0 Å². The second-order valence-electron chi connectivity index (χ2n) is 16.1. The number of rotatable bonds is 12. The van der Waals surface area contributed by atoms with Crippen LogP contribution in [0.15, 0.2) is 55.3 Å². The van der Waals surface area contributed by atoms with Crippen molar-refractivity contribution in [2.45, 2.75) is 114 Å². The maximum absolute atomic E-state index is 14.7. The van der Waals surface area contributed by atoms with Crippen LogP contribution in [0.1, 0.15) is 83.3 Å². The standard InChI is InChI=1S/C39H51N5O8S/c1-7-26-21-39(26,35(47)43-53(49,50)29-16-17-29)42-33(45)31-22-38(51-6,27-14-12-25(13-15-27)30-20-24(2)18-19-40-30)23-44(31)34(46)32(37(3,4)5)41-36(48)52-28-10-8-9-11-28/h7,12-15,18-20,26,28-29,31-32H,1,8-11,16-17,21-23H2,2-6H3,(H,41,48)(H,42,45)(H,43,47)/t26-,31+,32-,38+,39-/m1/s1. The summed E-state index contributed by atoms with van der Waals surface area (Å²) < 4.78 is 39.5. The number of hydrogen-bond donors (Lipinski definition) is 3. The third-order valence-corrected chi connectivity index (χ3v) is 12.9. The average molecular weight is 750 g/mol. The number of carbonyl (C=O) groups is 4. The van der Waals surface area contributed by atoms with Crippen molar-refractivity contribution in [2.24, 2.45) is 11.3 Å². The van der Waals surface area contributed by atoms with Gasteiger partial charge in [0.2, 0.25) is 21.8 Å². The molecule has 1 saturated heterocycles. The lowest BCUT2D eigenvalue weighted by atomic mass is 9.85. The molecule has 1 aliphatic heterocycles. The molecule has 14 heteroatoms. The van der Waals surface area contributed by atoms with E-state index in [1.54, 1.807) is 6.20 Å². The Balaban J connectivity index is 1.32. The van der Waals surface area contributed by atoms with E-state index in [0.717, 1.165) is 42.5 Å². The van der Waals surface area contributed by atoms with Crippen molar-refractivity contribution in [3.05, 3.63) is 66.4 Å². The summed E-state index contributed by atoms with van der Waals surface area (Å²) in [5.74, 6) is -2.52. The van der Waals surface area contributed by atoms with E-state index in [1.165, 1.54) is 18.1 Å². The van der Waals surface area contributed by atoms with E-state index in [0.29, 0.717) is 18.4 Å². The highest BCUT2D eigenvalue weighted by Crippen LogP contribution is 2.47. The minimum Gasteiger partial charge on any atom is -0.446 e. The summed E-state index contributed by atoms with van der Waals surface area (Å²) in [4.78, 5) is 61.8. The zero-order valence-corrected chi connectivity index (χ0v) is 32.0. The van der Waals surface area contributed by atoms with E-state index in [2.05, 4.69) is 26.9 Å². The van der Waals surface area contributed by atoms with E-state index in [-0.39, 0.29) is 25.5 Å². The van der Waals surface area contributed by atoms with Crippen molar-refractivity contribution in [2.75, 3.05) is 13.7 Å². The highest BCUT2D eigenvalue weighted by atomic mass is 32.2. The van der Waals surface area contributed by atoms with Crippen LogP contribution in [-0.4, -0.2) is 84.7 Å². The fourth-order valence-electron chi connectivity index (χ4n) is 7.59. The van der Waals surface area contributed by atoms with Gasteiger partial charge in [-0.1, -0.05) is 51.1 Å². The number of benzene rings is 1. The third-order valence-electron chi connectivity index (χ3n) is 11.1. The molecule has 2 heterocycles. The number of aromatic nitrogens is 1. The summed E-state index contributed by atoms with van der Waals surface area (Å²) in [6.45, 7) is 11.2. The Morgan fingerprint density at radius 3 is 2.28 bits per heavy atom. The van der Waals surface area contributed by atoms with Crippen LogP contribution in [0.4, 0.5) is 4.79 Å². The van der Waals surface area contributed by atoms with Gasteiger partial charge in [-0.3, -0.25) is 24.1 Å². The first-order valence-electron chi connectivity index (χ1n) is 18.4. The van der Waals surface area contributed by atoms with Crippen LogP contribution in [0.5, 0.6) is 0 Å². The molecule has 2 aromatic rings. The Morgan fingerprint density at radius 1 is 1.04 bits per heavy atom. The van der Waals surface area contributed by atoms with Crippen LogP contribution in [-0.2, 0) is 39.5 Å². The smallest absolute Gasteiger partial charge is 0.408 e. The molecule has 286 valence electrons. The summed E-state index contributed by atoms with van der Waals surface area (Å²) in [5, 5.41) is 4.99. The van der Waals surface area contributed by atoms with Crippen LogP contribution in [0.3, 0.4) is 0 Å². The molecule has 4 fully saturated rings. The van der Waals surface area contributed by atoms with E-state index in [4.69, 9.17) is 9.47 Å². The van der Waals surface area contributed by atoms with Gasteiger partial charge in [0, 0.05) is 31.2 Å². The lowest BCUT2D eigenvalue weighted by Crippen LogP contribution is -2.60. The highest BCUT2D eigenvalue weighted by Gasteiger charge is 2.62. The second kappa shape index (κ2) is 14.5. The van der Waals surface area contributed by atoms with Gasteiger partial charge in [-0.25, -0.2) is 13.2 Å². The first kappa shape index (κ1) is 38.4. The number of methoxy groups -OCH3 is 1. The fraction of sp³-hybridized carbons (Fsp3) is 0.564. The van der Waals surface area contributed by atoms with Crippen LogP contribution in [0, 0.1) is 18.3 Å². The number of aryl methyl sites for hydroxylation is 1. The van der Waals surface area contributed by atoms with Crippen molar-refractivity contribution in [1.29, 1.82) is 0 Å². The first-order chi connectivity index (χ1) is 25.0. The number of likely N-dealkylation sites (tertiary alicyclic amines) is 1. The third kappa shape index (κ3) is 7.98. The van der Waals surface area contributed by atoms with Gasteiger partial charge in [-0.05, 0) is 80.5 Å². The molecule has 4 amide bonds.